The topological polar surface area (TPSA) is 126 Å². The number of rotatable bonds is 9. The highest BCUT2D eigenvalue weighted by Crippen LogP contribution is 2.21. The summed E-state index contributed by atoms with van der Waals surface area (Å²) in [6, 6.07) is 8.09. The molecule has 0 amide bonds. The first-order chi connectivity index (χ1) is 12.9. The minimum atomic E-state index is -3.60. The molecule has 0 spiro atoms. The lowest BCUT2D eigenvalue weighted by Gasteiger charge is -2.12. The molecule has 1 heterocycles. The van der Waals surface area contributed by atoms with Crippen LogP contribution >= 0.6 is 0 Å². The Morgan fingerprint density at radius 1 is 1.26 bits per heavy atom. The summed E-state index contributed by atoms with van der Waals surface area (Å²) >= 11 is 0. The predicted molar refractivity (Wildman–Crippen MR) is 99.3 cm³/mol. The molecule has 0 aliphatic heterocycles. The second-order valence-corrected chi connectivity index (χ2v) is 7.50. The van der Waals surface area contributed by atoms with Crippen LogP contribution in [0.5, 0.6) is 5.88 Å². The Hall–Kier alpha value is -2.74. The van der Waals surface area contributed by atoms with E-state index >= 15 is 0 Å². The van der Waals surface area contributed by atoms with Gasteiger partial charge in [-0.25, -0.2) is 18.1 Å². The molecule has 1 aromatic heterocycles. The van der Waals surface area contributed by atoms with E-state index in [1.54, 1.807) is 12.1 Å². The van der Waals surface area contributed by atoms with Gasteiger partial charge in [0.05, 0.1) is 23.8 Å². The molecule has 0 fully saturated rings. The lowest BCUT2D eigenvalue weighted by Crippen LogP contribution is -2.27. The van der Waals surface area contributed by atoms with Crippen molar-refractivity contribution in [2.75, 3.05) is 25.6 Å². The SMILES string of the molecule is COCCNS(=O)(=O)c1ccc(Nc2ncc(C#N)c(OC(C)C)n2)cc1. The largest absolute Gasteiger partial charge is 0.474 e. The number of anilines is 2. The molecule has 144 valence electrons. The number of benzene rings is 1. The minimum Gasteiger partial charge on any atom is -0.474 e. The maximum atomic E-state index is 12.1. The Morgan fingerprint density at radius 3 is 2.56 bits per heavy atom. The lowest BCUT2D eigenvalue weighted by molar-refractivity contribution is 0.204. The number of nitrogens with one attached hydrogen (secondary N) is 2. The van der Waals surface area contributed by atoms with Gasteiger partial charge in [-0.15, -0.1) is 0 Å². The summed E-state index contributed by atoms with van der Waals surface area (Å²) in [5.74, 6) is 0.421. The van der Waals surface area contributed by atoms with Gasteiger partial charge in [-0.05, 0) is 38.1 Å². The first-order valence-electron chi connectivity index (χ1n) is 8.15. The van der Waals surface area contributed by atoms with E-state index in [2.05, 4.69) is 20.0 Å². The Balaban J connectivity index is 2.14. The van der Waals surface area contributed by atoms with Crippen LogP contribution in [0.25, 0.3) is 0 Å². The number of aromatic nitrogens is 2. The third-order valence-electron chi connectivity index (χ3n) is 3.24. The van der Waals surface area contributed by atoms with Crippen molar-refractivity contribution in [2.24, 2.45) is 0 Å². The fourth-order valence-corrected chi connectivity index (χ4v) is 3.04. The van der Waals surface area contributed by atoms with E-state index in [4.69, 9.17) is 14.7 Å². The van der Waals surface area contributed by atoms with Crippen LogP contribution in [0.15, 0.2) is 35.4 Å². The van der Waals surface area contributed by atoms with Crippen molar-refractivity contribution in [3.63, 3.8) is 0 Å². The van der Waals surface area contributed by atoms with Crippen LogP contribution in [0.4, 0.5) is 11.6 Å². The monoisotopic (exact) mass is 391 g/mol. The molecule has 0 atom stereocenters. The van der Waals surface area contributed by atoms with Crippen molar-refractivity contribution < 1.29 is 17.9 Å². The molecular weight excluding hydrogens is 370 g/mol. The third-order valence-corrected chi connectivity index (χ3v) is 4.72. The molecule has 9 nitrogen and oxygen atoms in total. The molecule has 0 bridgehead atoms. The van der Waals surface area contributed by atoms with Gasteiger partial charge < -0.3 is 14.8 Å². The molecule has 0 unspecified atom stereocenters. The molecule has 0 saturated heterocycles. The van der Waals surface area contributed by atoms with Crippen LogP contribution in [0, 0.1) is 11.3 Å². The smallest absolute Gasteiger partial charge is 0.240 e. The normalized spacial score (nSPS) is 11.2. The summed E-state index contributed by atoms with van der Waals surface area (Å²) in [4.78, 5) is 8.39. The molecule has 0 aliphatic carbocycles. The fourth-order valence-electron chi connectivity index (χ4n) is 2.02. The minimum absolute atomic E-state index is 0.133. The summed E-state index contributed by atoms with van der Waals surface area (Å²) < 4.78 is 37.1. The van der Waals surface area contributed by atoms with Gasteiger partial charge in [0.1, 0.15) is 11.6 Å². The summed E-state index contributed by atoms with van der Waals surface area (Å²) in [7, 11) is -2.10. The van der Waals surface area contributed by atoms with Crippen LogP contribution in [0.3, 0.4) is 0 Å². The van der Waals surface area contributed by atoms with E-state index in [0.29, 0.717) is 5.69 Å². The Labute approximate surface area is 158 Å². The van der Waals surface area contributed by atoms with Gasteiger partial charge >= 0.3 is 0 Å². The average molecular weight is 391 g/mol. The first kappa shape index (κ1) is 20.6. The van der Waals surface area contributed by atoms with Crippen molar-refractivity contribution in [3.05, 3.63) is 36.0 Å². The number of sulfonamides is 1. The average Bonchev–Trinajstić information content (AvgIpc) is 2.62. The number of hydrogen-bond donors (Lipinski definition) is 2. The van der Waals surface area contributed by atoms with E-state index in [1.165, 1.54) is 25.4 Å². The molecule has 10 heteroatoms. The number of ether oxygens (including phenoxy) is 2. The van der Waals surface area contributed by atoms with Gasteiger partial charge in [0, 0.05) is 19.3 Å². The van der Waals surface area contributed by atoms with Crippen molar-refractivity contribution in [1.82, 2.24) is 14.7 Å². The maximum Gasteiger partial charge on any atom is 0.240 e. The highest BCUT2D eigenvalue weighted by Gasteiger charge is 2.14. The maximum absolute atomic E-state index is 12.1. The fraction of sp³-hybridized carbons (Fsp3) is 0.353. The molecular formula is C17H21N5O4S. The summed E-state index contributed by atoms with van der Waals surface area (Å²) in [6.07, 6.45) is 1.22. The zero-order valence-electron chi connectivity index (χ0n) is 15.3. The number of nitrogens with zero attached hydrogens (tertiary/aromatic N) is 3. The molecule has 27 heavy (non-hydrogen) atoms. The van der Waals surface area contributed by atoms with Crippen LogP contribution < -0.4 is 14.8 Å². The quantitative estimate of drug-likeness (QED) is 0.620. The van der Waals surface area contributed by atoms with Gasteiger partial charge in [-0.1, -0.05) is 0 Å². The van der Waals surface area contributed by atoms with Gasteiger partial charge in [-0.2, -0.15) is 10.2 Å². The van der Waals surface area contributed by atoms with E-state index < -0.39 is 10.0 Å². The van der Waals surface area contributed by atoms with Gasteiger partial charge in [0.15, 0.2) is 0 Å². The first-order valence-corrected chi connectivity index (χ1v) is 9.63. The second-order valence-electron chi connectivity index (χ2n) is 5.73. The van der Waals surface area contributed by atoms with E-state index in [9.17, 15) is 8.42 Å². The zero-order valence-corrected chi connectivity index (χ0v) is 16.1. The van der Waals surface area contributed by atoms with Crippen LogP contribution in [-0.4, -0.2) is 44.8 Å². The number of hydrogen-bond acceptors (Lipinski definition) is 8. The Bertz CT molecular complexity index is 908. The zero-order chi connectivity index (χ0) is 19.9. The number of nitriles is 1. The van der Waals surface area contributed by atoms with Gasteiger partial charge in [0.2, 0.25) is 21.9 Å². The van der Waals surface area contributed by atoms with Crippen LogP contribution in [0.1, 0.15) is 19.4 Å². The lowest BCUT2D eigenvalue weighted by atomic mass is 10.3. The van der Waals surface area contributed by atoms with E-state index in [-0.39, 0.29) is 41.5 Å². The molecule has 0 saturated carbocycles. The summed E-state index contributed by atoms with van der Waals surface area (Å²) in [5.41, 5.74) is 0.823. The highest BCUT2D eigenvalue weighted by atomic mass is 32.2. The third kappa shape index (κ3) is 5.89. The second kappa shape index (κ2) is 9.27. The highest BCUT2D eigenvalue weighted by molar-refractivity contribution is 7.89. The molecule has 1 aromatic carbocycles. The van der Waals surface area contributed by atoms with E-state index in [0.717, 1.165) is 0 Å². The molecule has 0 radical (unpaired) electrons. The van der Waals surface area contributed by atoms with Crippen molar-refractivity contribution in [2.45, 2.75) is 24.8 Å². The molecule has 2 aromatic rings. The van der Waals surface area contributed by atoms with Gasteiger partial charge in [-0.3, -0.25) is 0 Å². The predicted octanol–water partition coefficient (Wildman–Crippen LogP) is 1.80. The molecule has 2 rings (SSSR count). The van der Waals surface area contributed by atoms with Crippen molar-refractivity contribution >= 4 is 21.7 Å². The van der Waals surface area contributed by atoms with Crippen molar-refractivity contribution in [3.8, 4) is 11.9 Å². The summed E-state index contributed by atoms with van der Waals surface area (Å²) in [6.45, 7) is 4.14. The van der Waals surface area contributed by atoms with Gasteiger partial charge in [0.25, 0.3) is 0 Å². The molecule has 0 aliphatic rings. The number of methoxy groups -OCH3 is 1. The van der Waals surface area contributed by atoms with Crippen LogP contribution in [-0.2, 0) is 14.8 Å². The standard InChI is InChI=1S/C17H21N5O4S/c1-12(2)26-16-13(10-18)11-19-17(22-16)21-14-4-6-15(7-5-14)27(23,24)20-8-9-25-3/h4-7,11-12,20H,8-9H2,1-3H3,(H,19,21,22). The van der Waals surface area contributed by atoms with Crippen LogP contribution in [0.2, 0.25) is 0 Å². The summed E-state index contributed by atoms with van der Waals surface area (Å²) in [5, 5.41) is 12.0. The Kier molecular flexibility index (Phi) is 7.06. The van der Waals surface area contributed by atoms with E-state index in [1.807, 2.05) is 19.9 Å². The molecule has 2 N–H and O–H groups in total. The van der Waals surface area contributed by atoms with Crippen molar-refractivity contribution in [1.29, 1.82) is 5.26 Å². The Morgan fingerprint density at radius 2 is 1.96 bits per heavy atom.